The van der Waals surface area contributed by atoms with E-state index in [9.17, 15) is 8.42 Å². The Morgan fingerprint density at radius 2 is 2.00 bits per heavy atom. The highest BCUT2D eigenvalue weighted by Gasteiger charge is 2.26. The van der Waals surface area contributed by atoms with Crippen molar-refractivity contribution in [3.05, 3.63) is 35.5 Å². The summed E-state index contributed by atoms with van der Waals surface area (Å²) in [6.07, 6.45) is 4.13. The van der Waals surface area contributed by atoms with Gasteiger partial charge in [0.2, 0.25) is 16.0 Å². The summed E-state index contributed by atoms with van der Waals surface area (Å²) >= 11 is 6.06. The summed E-state index contributed by atoms with van der Waals surface area (Å²) in [7, 11) is -3.64. The number of hydrogen-bond acceptors (Lipinski definition) is 7. The zero-order valence-corrected chi connectivity index (χ0v) is 14.2. The van der Waals surface area contributed by atoms with Gasteiger partial charge in [0.15, 0.2) is 5.82 Å². The number of rotatable bonds is 6. The molecule has 8 nitrogen and oxygen atoms in total. The third kappa shape index (κ3) is 3.59. The normalized spacial score (nSPS) is 14.9. The second kappa shape index (κ2) is 6.89. The third-order valence-electron chi connectivity index (χ3n) is 3.73. The van der Waals surface area contributed by atoms with Gasteiger partial charge in [0.1, 0.15) is 9.92 Å². The third-order valence-corrected chi connectivity index (χ3v) is 5.59. The molecule has 0 bridgehead atoms. The molecule has 0 saturated heterocycles. The van der Waals surface area contributed by atoms with Crippen LogP contribution in [-0.2, 0) is 10.0 Å². The zero-order chi connectivity index (χ0) is 17.2. The van der Waals surface area contributed by atoms with Gasteiger partial charge in [-0.25, -0.2) is 24.0 Å². The van der Waals surface area contributed by atoms with Gasteiger partial charge in [0.05, 0.1) is 11.9 Å². The summed E-state index contributed by atoms with van der Waals surface area (Å²) in [5.74, 6) is 5.70. The molecule has 2 aromatic rings. The topological polar surface area (TPSA) is 122 Å². The largest absolute Gasteiger partial charge is 0.338 e. The molecule has 1 aromatic carbocycles. The van der Waals surface area contributed by atoms with E-state index in [0.717, 1.165) is 19.3 Å². The van der Waals surface area contributed by atoms with Crippen LogP contribution < -0.4 is 21.3 Å². The molecule has 0 amide bonds. The van der Waals surface area contributed by atoms with Gasteiger partial charge in [0.25, 0.3) is 0 Å². The standard InChI is InChI=1S/C14H17ClN6O2S/c15-10-8-17-14(20-16)19-13(10)18-11-6-1-2-7-12(11)24(22,23)21-9-4-3-5-9/h1-2,6-9,21H,3-5,16H2,(H2,17,18,19,20). The first-order valence-corrected chi connectivity index (χ1v) is 9.23. The molecule has 0 aliphatic heterocycles. The van der Waals surface area contributed by atoms with E-state index in [0.29, 0.717) is 5.69 Å². The molecule has 0 radical (unpaired) electrons. The summed E-state index contributed by atoms with van der Waals surface area (Å²) in [6.45, 7) is 0. The lowest BCUT2D eigenvalue weighted by Crippen LogP contribution is -2.39. The number of para-hydroxylation sites is 1. The van der Waals surface area contributed by atoms with Gasteiger partial charge in [-0.1, -0.05) is 30.2 Å². The van der Waals surface area contributed by atoms with Crippen LogP contribution >= 0.6 is 11.6 Å². The second-order valence-electron chi connectivity index (χ2n) is 5.40. The Bertz CT molecular complexity index is 841. The van der Waals surface area contributed by atoms with Crippen molar-refractivity contribution in [2.75, 3.05) is 10.7 Å². The number of aromatic nitrogens is 2. The number of benzene rings is 1. The highest BCUT2D eigenvalue weighted by Crippen LogP contribution is 2.29. The van der Waals surface area contributed by atoms with E-state index in [1.807, 2.05) is 0 Å². The molecule has 1 saturated carbocycles. The first-order valence-electron chi connectivity index (χ1n) is 7.37. The van der Waals surface area contributed by atoms with Crippen molar-refractivity contribution in [1.82, 2.24) is 14.7 Å². The Kier molecular flexibility index (Phi) is 4.86. The molecule has 5 N–H and O–H groups in total. The molecule has 0 spiro atoms. The minimum absolute atomic E-state index is 0.00117. The maximum Gasteiger partial charge on any atom is 0.242 e. The number of nitrogens with two attached hydrogens (primary N) is 1. The van der Waals surface area contributed by atoms with Crippen molar-refractivity contribution < 1.29 is 8.42 Å². The Hall–Kier alpha value is -1.94. The predicted molar refractivity (Wildman–Crippen MR) is 92.5 cm³/mol. The molecule has 24 heavy (non-hydrogen) atoms. The van der Waals surface area contributed by atoms with Gasteiger partial charge in [0, 0.05) is 6.04 Å². The zero-order valence-electron chi connectivity index (χ0n) is 12.7. The Morgan fingerprint density at radius 3 is 2.67 bits per heavy atom. The minimum atomic E-state index is -3.64. The average Bonchev–Trinajstić information content (AvgIpc) is 2.54. The molecule has 3 rings (SSSR count). The van der Waals surface area contributed by atoms with Crippen LogP contribution in [0.25, 0.3) is 0 Å². The quantitative estimate of drug-likeness (QED) is 0.454. The van der Waals surface area contributed by atoms with E-state index in [4.69, 9.17) is 17.4 Å². The van der Waals surface area contributed by atoms with Crippen LogP contribution in [0.4, 0.5) is 17.5 Å². The van der Waals surface area contributed by atoms with Crippen LogP contribution in [0.2, 0.25) is 5.02 Å². The van der Waals surface area contributed by atoms with Gasteiger partial charge in [-0.2, -0.15) is 4.98 Å². The number of hydrogen-bond donors (Lipinski definition) is 4. The van der Waals surface area contributed by atoms with E-state index >= 15 is 0 Å². The molecule has 1 fully saturated rings. The van der Waals surface area contributed by atoms with E-state index < -0.39 is 10.0 Å². The highest BCUT2D eigenvalue weighted by molar-refractivity contribution is 7.89. The number of nitrogens with one attached hydrogen (secondary N) is 3. The lowest BCUT2D eigenvalue weighted by molar-refractivity contribution is 0.383. The van der Waals surface area contributed by atoms with Crippen LogP contribution in [0.15, 0.2) is 35.4 Å². The van der Waals surface area contributed by atoms with Crippen LogP contribution in [-0.4, -0.2) is 24.4 Å². The fourth-order valence-corrected chi connectivity index (χ4v) is 3.87. The lowest BCUT2D eigenvalue weighted by atomic mass is 9.94. The van der Waals surface area contributed by atoms with E-state index in [2.05, 4.69) is 25.4 Å². The van der Waals surface area contributed by atoms with Crippen LogP contribution in [0.5, 0.6) is 0 Å². The summed E-state index contributed by atoms with van der Waals surface area (Å²) in [6, 6.07) is 6.56. The first-order chi connectivity index (χ1) is 11.5. The van der Waals surface area contributed by atoms with Crippen molar-refractivity contribution in [3.8, 4) is 0 Å². The van der Waals surface area contributed by atoms with Crippen molar-refractivity contribution in [2.24, 2.45) is 5.84 Å². The predicted octanol–water partition coefficient (Wildman–Crippen LogP) is 1.99. The van der Waals surface area contributed by atoms with E-state index in [1.165, 1.54) is 12.3 Å². The Labute approximate surface area is 144 Å². The monoisotopic (exact) mass is 368 g/mol. The molecule has 1 heterocycles. The molecule has 10 heteroatoms. The molecular weight excluding hydrogens is 352 g/mol. The van der Waals surface area contributed by atoms with Gasteiger partial charge >= 0.3 is 0 Å². The van der Waals surface area contributed by atoms with Crippen molar-refractivity contribution in [3.63, 3.8) is 0 Å². The maximum atomic E-state index is 12.6. The van der Waals surface area contributed by atoms with Gasteiger partial charge in [-0.05, 0) is 25.0 Å². The van der Waals surface area contributed by atoms with Crippen LogP contribution in [0.3, 0.4) is 0 Å². The molecule has 0 unspecified atom stereocenters. The first kappa shape index (κ1) is 16.9. The van der Waals surface area contributed by atoms with Gasteiger partial charge < -0.3 is 5.32 Å². The summed E-state index contributed by atoms with van der Waals surface area (Å²) in [5, 5.41) is 3.18. The van der Waals surface area contributed by atoms with Crippen molar-refractivity contribution >= 4 is 39.1 Å². The number of sulfonamides is 1. The van der Waals surface area contributed by atoms with Crippen molar-refractivity contribution in [1.29, 1.82) is 0 Å². The Balaban J connectivity index is 1.92. The maximum absolute atomic E-state index is 12.6. The SMILES string of the molecule is NNc1ncc(Cl)c(Nc2ccccc2S(=O)(=O)NC2CCC2)n1. The van der Waals surface area contributed by atoms with E-state index in [1.54, 1.807) is 18.2 Å². The number of anilines is 3. The fourth-order valence-electron chi connectivity index (χ4n) is 2.27. The minimum Gasteiger partial charge on any atom is -0.338 e. The fraction of sp³-hybridized carbons (Fsp3) is 0.286. The number of nitrogen functional groups attached to an aromatic ring is 1. The summed E-state index contributed by atoms with van der Waals surface area (Å²) < 4.78 is 27.9. The molecular formula is C14H17ClN6O2S. The smallest absolute Gasteiger partial charge is 0.242 e. The molecule has 128 valence electrons. The second-order valence-corrected chi connectivity index (χ2v) is 7.49. The molecule has 1 aromatic heterocycles. The van der Waals surface area contributed by atoms with Crippen LogP contribution in [0.1, 0.15) is 19.3 Å². The number of hydrazine groups is 1. The number of nitrogens with zero attached hydrogens (tertiary/aromatic N) is 2. The van der Waals surface area contributed by atoms with Gasteiger partial charge in [-0.15, -0.1) is 0 Å². The molecule has 1 aliphatic carbocycles. The number of halogens is 1. The highest BCUT2D eigenvalue weighted by atomic mass is 35.5. The Morgan fingerprint density at radius 1 is 1.25 bits per heavy atom. The summed E-state index contributed by atoms with van der Waals surface area (Å²) in [4.78, 5) is 8.10. The molecule has 1 aliphatic rings. The average molecular weight is 369 g/mol. The van der Waals surface area contributed by atoms with Crippen molar-refractivity contribution in [2.45, 2.75) is 30.2 Å². The summed E-state index contributed by atoms with van der Waals surface area (Å²) in [5.41, 5.74) is 2.68. The van der Waals surface area contributed by atoms with Gasteiger partial charge in [-0.3, -0.25) is 5.43 Å². The molecule has 0 atom stereocenters. The van der Waals surface area contributed by atoms with E-state index in [-0.39, 0.29) is 27.7 Å². The van der Waals surface area contributed by atoms with Crippen LogP contribution in [0, 0.1) is 0 Å². The lowest BCUT2D eigenvalue weighted by Gasteiger charge is -2.26.